The zero-order chi connectivity index (χ0) is 15.9. The van der Waals surface area contributed by atoms with Crippen LogP contribution < -0.4 is 10.4 Å². The highest BCUT2D eigenvalue weighted by molar-refractivity contribution is 5.86. The number of fused-ring (bicyclic) bond motifs is 3. The van der Waals surface area contributed by atoms with E-state index >= 15 is 0 Å². The van der Waals surface area contributed by atoms with E-state index in [2.05, 4.69) is 0 Å². The second-order valence-electron chi connectivity index (χ2n) is 5.72. The van der Waals surface area contributed by atoms with Gasteiger partial charge in [0.1, 0.15) is 11.3 Å². The molecule has 1 aliphatic rings. The van der Waals surface area contributed by atoms with E-state index in [0.29, 0.717) is 16.9 Å². The lowest BCUT2D eigenvalue weighted by molar-refractivity contribution is -0.144. The van der Waals surface area contributed by atoms with Gasteiger partial charge in [0.15, 0.2) is 6.10 Å². The Hall–Kier alpha value is -2.30. The Labute approximate surface area is 127 Å². The van der Waals surface area contributed by atoms with Gasteiger partial charge in [-0.05, 0) is 57.2 Å². The Balaban J connectivity index is 2.16. The van der Waals surface area contributed by atoms with Gasteiger partial charge in [-0.3, -0.25) is 0 Å². The number of hydrogen-bond acceptors (Lipinski definition) is 4. The van der Waals surface area contributed by atoms with Gasteiger partial charge in [0.05, 0.1) is 0 Å². The molecule has 1 aliphatic carbocycles. The predicted octanol–water partition coefficient (Wildman–Crippen LogP) is 2.83. The number of aryl methyl sites for hydroxylation is 2. The SMILES string of the molecule is Cc1c(O[C@@H](C)C(=O)O)ccc2c3c(c(=O)oc12)CCCC3. The topological polar surface area (TPSA) is 76.7 Å². The highest BCUT2D eigenvalue weighted by atomic mass is 16.5. The van der Waals surface area contributed by atoms with Crippen LogP contribution in [0.15, 0.2) is 21.3 Å². The average Bonchev–Trinajstić information content (AvgIpc) is 2.51. The van der Waals surface area contributed by atoms with Gasteiger partial charge in [-0.15, -0.1) is 0 Å². The lowest BCUT2D eigenvalue weighted by atomic mass is 9.90. The van der Waals surface area contributed by atoms with Gasteiger partial charge >= 0.3 is 11.6 Å². The molecule has 0 amide bonds. The van der Waals surface area contributed by atoms with Gasteiger partial charge in [-0.1, -0.05) is 0 Å². The Kier molecular flexibility index (Phi) is 3.64. The maximum Gasteiger partial charge on any atom is 0.344 e. The summed E-state index contributed by atoms with van der Waals surface area (Å²) >= 11 is 0. The van der Waals surface area contributed by atoms with Crippen LogP contribution in [0.1, 0.15) is 36.5 Å². The molecule has 1 atom stereocenters. The van der Waals surface area contributed by atoms with Crippen LogP contribution in [0.4, 0.5) is 0 Å². The van der Waals surface area contributed by atoms with Crippen molar-refractivity contribution in [2.75, 3.05) is 0 Å². The summed E-state index contributed by atoms with van der Waals surface area (Å²) in [6.45, 7) is 3.25. The first kappa shape index (κ1) is 14.6. The molecule has 0 fully saturated rings. The molecule has 5 heteroatoms. The van der Waals surface area contributed by atoms with E-state index in [1.54, 1.807) is 13.0 Å². The molecule has 0 saturated carbocycles. The molecule has 0 radical (unpaired) electrons. The number of ether oxygens (including phenoxy) is 1. The van der Waals surface area contributed by atoms with E-state index in [4.69, 9.17) is 14.3 Å². The quantitative estimate of drug-likeness (QED) is 0.882. The minimum atomic E-state index is -1.04. The molecule has 2 aromatic rings. The van der Waals surface area contributed by atoms with Gasteiger partial charge in [-0.2, -0.15) is 0 Å². The van der Waals surface area contributed by atoms with Crippen molar-refractivity contribution in [2.24, 2.45) is 0 Å². The molecule has 1 aromatic heterocycles. The Morgan fingerprint density at radius 3 is 2.64 bits per heavy atom. The van der Waals surface area contributed by atoms with Gasteiger partial charge in [0.25, 0.3) is 0 Å². The lowest BCUT2D eigenvalue weighted by Gasteiger charge is -2.18. The van der Waals surface area contributed by atoms with Crippen molar-refractivity contribution in [3.63, 3.8) is 0 Å². The summed E-state index contributed by atoms with van der Waals surface area (Å²) in [7, 11) is 0. The van der Waals surface area contributed by atoms with E-state index in [0.717, 1.165) is 42.2 Å². The van der Waals surface area contributed by atoms with Crippen LogP contribution in [0.2, 0.25) is 0 Å². The number of carboxylic acids is 1. The van der Waals surface area contributed by atoms with Crippen LogP contribution in [0.5, 0.6) is 5.75 Å². The zero-order valence-electron chi connectivity index (χ0n) is 12.6. The molecule has 116 valence electrons. The molecule has 0 aliphatic heterocycles. The molecule has 3 rings (SSSR count). The van der Waals surface area contributed by atoms with Crippen molar-refractivity contribution >= 4 is 16.9 Å². The molecule has 1 aromatic carbocycles. The summed E-state index contributed by atoms with van der Waals surface area (Å²) < 4.78 is 10.9. The highest BCUT2D eigenvalue weighted by Gasteiger charge is 2.21. The summed E-state index contributed by atoms with van der Waals surface area (Å²) in [5.41, 5.74) is 2.73. The predicted molar refractivity (Wildman–Crippen MR) is 81.6 cm³/mol. The molecule has 1 heterocycles. The van der Waals surface area contributed by atoms with Gasteiger partial charge in [0.2, 0.25) is 0 Å². The number of carbonyl (C=O) groups is 1. The van der Waals surface area contributed by atoms with Crippen molar-refractivity contribution in [3.05, 3.63) is 39.2 Å². The second kappa shape index (κ2) is 5.48. The van der Waals surface area contributed by atoms with Crippen molar-refractivity contribution in [2.45, 2.75) is 45.6 Å². The van der Waals surface area contributed by atoms with E-state index in [9.17, 15) is 9.59 Å². The number of carboxylic acid groups (broad SMARTS) is 1. The van der Waals surface area contributed by atoms with Crippen molar-refractivity contribution in [1.82, 2.24) is 0 Å². The molecule has 0 saturated heterocycles. The van der Waals surface area contributed by atoms with Crippen LogP contribution >= 0.6 is 0 Å². The number of rotatable bonds is 3. The van der Waals surface area contributed by atoms with E-state index < -0.39 is 12.1 Å². The summed E-state index contributed by atoms with van der Waals surface area (Å²) in [6.07, 6.45) is 2.77. The highest BCUT2D eigenvalue weighted by Crippen LogP contribution is 2.32. The molecular weight excluding hydrogens is 284 g/mol. The van der Waals surface area contributed by atoms with Gasteiger partial charge < -0.3 is 14.3 Å². The first-order chi connectivity index (χ1) is 10.5. The second-order valence-corrected chi connectivity index (χ2v) is 5.72. The number of aliphatic carboxylic acids is 1. The normalized spacial score (nSPS) is 15.4. The molecule has 0 unspecified atom stereocenters. The Morgan fingerprint density at radius 2 is 1.95 bits per heavy atom. The van der Waals surface area contributed by atoms with E-state index in [1.807, 2.05) is 6.07 Å². The minimum Gasteiger partial charge on any atom is -0.479 e. The third-order valence-corrected chi connectivity index (χ3v) is 4.24. The first-order valence-electron chi connectivity index (χ1n) is 7.46. The summed E-state index contributed by atoms with van der Waals surface area (Å²) in [5, 5.41) is 9.88. The smallest absolute Gasteiger partial charge is 0.344 e. The fourth-order valence-electron chi connectivity index (χ4n) is 2.99. The first-order valence-corrected chi connectivity index (χ1v) is 7.46. The molecule has 1 N–H and O–H groups in total. The van der Waals surface area contributed by atoms with Gasteiger partial charge in [-0.25, -0.2) is 9.59 Å². The standard InChI is InChI=1S/C17H18O5/c1-9-14(21-10(2)16(18)19)8-7-12-11-5-3-4-6-13(11)17(20)22-15(9)12/h7-8,10H,3-6H2,1-2H3,(H,18,19)/t10-/m0/s1. The minimum absolute atomic E-state index is 0.284. The van der Waals surface area contributed by atoms with Crippen LogP contribution in [0.3, 0.4) is 0 Å². The van der Waals surface area contributed by atoms with E-state index in [1.165, 1.54) is 6.92 Å². The summed E-state index contributed by atoms with van der Waals surface area (Å²) in [4.78, 5) is 23.1. The third-order valence-electron chi connectivity index (χ3n) is 4.24. The lowest BCUT2D eigenvalue weighted by Crippen LogP contribution is -2.23. The Bertz CT molecular complexity index is 803. The van der Waals surface area contributed by atoms with Crippen LogP contribution in [0, 0.1) is 6.92 Å². The maximum atomic E-state index is 12.2. The largest absolute Gasteiger partial charge is 0.479 e. The van der Waals surface area contributed by atoms with Gasteiger partial charge in [0, 0.05) is 16.5 Å². The average molecular weight is 302 g/mol. The summed E-state index contributed by atoms with van der Waals surface area (Å²) in [6, 6.07) is 3.62. The van der Waals surface area contributed by atoms with Crippen LogP contribution in [0.25, 0.3) is 11.0 Å². The monoisotopic (exact) mass is 302 g/mol. The molecule has 0 bridgehead atoms. The van der Waals surface area contributed by atoms with Crippen molar-refractivity contribution in [1.29, 1.82) is 0 Å². The zero-order valence-corrected chi connectivity index (χ0v) is 12.6. The molecular formula is C17H18O5. The maximum absolute atomic E-state index is 12.2. The van der Waals surface area contributed by atoms with Crippen molar-refractivity contribution in [3.8, 4) is 5.75 Å². The van der Waals surface area contributed by atoms with Crippen molar-refractivity contribution < 1.29 is 19.1 Å². The third kappa shape index (κ3) is 2.36. The fourth-order valence-corrected chi connectivity index (χ4v) is 2.99. The Morgan fingerprint density at radius 1 is 1.27 bits per heavy atom. The molecule has 5 nitrogen and oxygen atoms in total. The van der Waals surface area contributed by atoms with E-state index in [-0.39, 0.29) is 5.63 Å². The van der Waals surface area contributed by atoms with Crippen LogP contribution in [-0.4, -0.2) is 17.2 Å². The molecule has 0 spiro atoms. The fraction of sp³-hybridized carbons (Fsp3) is 0.412. The molecule has 22 heavy (non-hydrogen) atoms. The summed E-state index contributed by atoms with van der Waals surface area (Å²) in [5.74, 6) is -0.604. The number of hydrogen-bond donors (Lipinski definition) is 1. The van der Waals surface area contributed by atoms with Crippen LogP contribution in [-0.2, 0) is 17.6 Å². The number of benzene rings is 1.